The topological polar surface area (TPSA) is 38.9 Å². The molecule has 2 nitrogen and oxygen atoms in total. The number of nitrogens with zero attached hydrogens (tertiary/aromatic N) is 1. The van der Waals surface area contributed by atoms with Gasteiger partial charge in [0.2, 0.25) is 0 Å². The van der Waals surface area contributed by atoms with Crippen molar-refractivity contribution in [1.82, 2.24) is 4.98 Å². The number of nitrogens with two attached hydrogens (primary N) is 1. The van der Waals surface area contributed by atoms with Crippen molar-refractivity contribution in [2.45, 2.75) is 18.9 Å². The second kappa shape index (κ2) is 5.16. The summed E-state index contributed by atoms with van der Waals surface area (Å²) in [6, 6.07) is 8.29. The predicted molar refractivity (Wildman–Crippen MR) is 73.6 cm³/mol. The van der Waals surface area contributed by atoms with E-state index in [-0.39, 0.29) is 5.82 Å². The summed E-state index contributed by atoms with van der Waals surface area (Å²) in [5.41, 5.74) is 7.71. The molecule has 1 unspecified atom stereocenters. The minimum atomic E-state index is -0.545. The van der Waals surface area contributed by atoms with Crippen LogP contribution >= 0.6 is 15.9 Å². The number of rotatable bonds is 3. The van der Waals surface area contributed by atoms with Gasteiger partial charge in [-0.2, -0.15) is 0 Å². The molecule has 2 N–H and O–H groups in total. The second-order valence-corrected chi connectivity index (χ2v) is 5.53. The maximum atomic E-state index is 12.9. The van der Waals surface area contributed by atoms with Crippen molar-refractivity contribution < 1.29 is 4.39 Å². The minimum Gasteiger partial charge on any atom is -0.321 e. The fraction of sp³-hybridized carbons (Fsp3) is 0.214. The molecule has 1 atom stereocenters. The van der Waals surface area contributed by atoms with Gasteiger partial charge in [-0.1, -0.05) is 12.1 Å². The molecule has 0 aliphatic carbocycles. The summed E-state index contributed by atoms with van der Waals surface area (Å²) >= 11 is 3.38. The SMILES string of the molecule is CC(N)(Cc1cncc(Br)c1)c1ccc(F)cc1. The molecule has 1 aromatic heterocycles. The summed E-state index contributed by atoms with van der Waals surface area (Å²) < 4.78 is 13.8. The van der Waals surface area contributed by atoms with Crippen molar-refractivity contribution in [3.05, 3.63) is 64.1 Å². The molecular weight excluding hydrogens is 295 g/mol. The van der Waals surface area contributed by atoms with Crippen LogP contribution in [0, 0.1) is 5.82 Å². The van der Waals surface area contributed by atoms with E-state index in [1.54, 1.807) is 24.5 Å². The Morgan fingerprint density at radius 2 is 1.94 bits per heavy atom. The molecule has 18 heavy (non-hydrogen) atoms. The molecule has 0 saturated heterocycles. The fourth-order valence-electron chi connectivity index (χ4n) is 1.91. The summed E-state index contributed by atoms with van der Waals surface area (Å²) in [6.45, 7) is 1.93. The zero-order valence-electron chi connectivity index (χ0n) is 10.0. The molecule has 0 radical (unpaired) electrons. The van der Waals surface area contributed by atoms with Crippen LogP contribution in [0.2, 0.25) is 0 Å². The molecule has 0 bridgehead atoms. The maximum Gasteiger partial charge on any atom is 0.123 e. The van der Waals surface area contributed by atoms with Gasteiger partial charge in [-0.05, 0) is 58.6 Å². The zero-order chi connectivity index (χ0) is 13.2. The van der Waals surface area contributed by atoms with E-state index in [9.17, 15) is 4.39 Å². The van der Waals surface area contributed by atoms with Crippen molar-refractivity contribution in [3.8, 4) is 0 Å². The largest absolute Gasteiger partial charge is 0.321 e. The van der Waals surface area contributed by atoms with Crippen LogP contribution < -0.4 is 5.73 Å². The molecule has 2 aromatic rings. The first kappa shape index (κ1) is 13.2. The maximum absolute atomic E-state index is 12.9. The first-order valence-electron chi connectivity index (χ1n) is 5.62. The third-order valence-electron chi connectivity index (χ3n) is 2.84. The van der Waals surface area contributed by atoms with Crippen LogP contribution in [-0.4, -0.2) is 4.98 Å². The predicted octanol–water partition coefficient (Wildman–Crippen LogP) is 3.40. The molecule has 0 fully saturated rings. The van der Waals surface area contributed by atoms with Crippen LogP contribution in [0.1, 0.15) is 18.1 Å². The lowest BCUT2D eigenvalue weighted by Gasteiger charge is -2.25. The Kier molecular flexibility index (Phi) is 3.78. The van der Waals surface area contributed by atoms with Gasteiger partial charge in [-0.3, -0.25) is 4.98 Å². The van der Waals surface area contributed by atoms with Gasteiger partial charge in [0.25, 0.3) is 0 Å². The standard InChI is InChI=1S/C14H14BrFN2/c1-14(17,11-2-4-13(16)5-3-11)7-10-6-12(15)9-18-8-10/h2-6,8-9H,7,17H2,1H3. The van der Waals surface area contributed by atoms with Crippen molar-refractivity contribution in [3.63, 3.8) is 0 Å². The van der Waals surface area contributed by atoms with Gasteiger partial charge in [0.05, 0.1) is 0 Å². The molecule has 0 aliphatic heterocycles. The van der Waals surface area contributed by atoms with E-state index in [4.69, 9.17) is 5.73 Å². The molecule has 4 heteroatoms. The van der Waals surface area contributed by atoms with Crippen molar-refractivity contribution in [1.29, 1.82) is 0 Å². The number of pyridine rings is 1. The molecule has 2 rings (SSSR count). The van der Waals surface area contributed by atoms with Gasteiger partial charge in [0.15, 0.2) is 0 Å². The molecular formula is C14H14BrFN2. The molecule has 1 aromatic carbocycles. The Morgan fingerprint density at radius 3 is 2.56 bits per heavy atom. The number of hydrogen-bond acceptors (Lipinski definition) is 2. The third kappa shape index (κ3) is 3.15. The number of aromatic nitrogens is 1. The highest BCUT2D eigenvalue weighted by Gasteiger charge is 2.21. The van der Waals surface area contributed by atoms with E-state index < -0.39 is 5.54 Å². The van der Waals surface area contributed by atoms with E-state index >= 15 is 0 Å². The van der Waals surface area contributed by atoms with Crippen LogP contribution in [-0.2, 0) is 12.0 Å². The summed E-state index contributed by atoms with van der Waals surface area (Å²) in [6.07, 6.45) is 4.17. The Hall–Kier alpha value is -1.26. The number of halogens is 2. The van der Waals surface area contributed by atoms with Gasteiger partial charge < -0.3 is 5.73 Å². The fourth-order valence-corrected chi connectivity index (χ4v) is 2.32. The highest BCUT2D eigenvalue weighted by molar-refractivity contribution is 9.10. The Bertz CT molecular complexity index is 538. The molecule has 1 heterocycles. The van der Waals surface area contributed by atoms with Gasteiger partial charge in [0, 0.05) is 22.4 Å². The molecule has 0 spiro atoms. The highest BCUT2D eigenvalue weighted by Crippen LogP contribution is 2.23. The lowest BCUT2D eigenvalue weighted by Crippen LogP contribution is -2.35. The first-order valence-corrected chi connectivity index (χ1v) is 6.41. The smallest absolute Gasteiger partial charge is 0.123 e. The summed E-state index contributed by atoms with van der Waals surface area (Å²) in [7, 11) is 0. The van der Waals surface area contributed by atoms with Gasteiger partial charge in [-0.25, -0.2) is 4.39 Å². The Morgan fingerprint density at radius 1 is 1.28 bits per heavy atom. The van der Waals surface area contributed by atoms with Crippen LogP contribution in [0.5, 0.6) is 0 Å². The lowest BCUT2D eigenvalue weighted by atomic mass is 9.87. The average Bonchev–Trinajstić information content (AvgIpc) is 2.29. The molecule has 0 aliphatic rings. The van der Waals surface area contributed by atoms with Crippen molar-refractivity contribution >= 4 is 15.9 Å². The van der Waals surface area contributed by atoms with Gasteiger partial charge in [0.1, 0.15) is 5.82 Å². The number of hydrogen-bond donors (Lipinski definition) is 1. The van der Waals surface area contributed by atoms with Crippen molar-refractivity contribution in [2.75, 3.05) is 0 Å². The van der Waals surface area contributed by atoms with Crippen LogP contribution in [0.3, 0.4) is 0 Å². The van der Waals surface area contributed by atoms with Gasteiger partial charge >= 0.3 is 0 Å². The monoisotopic (exact) mass is 308 g/mol. The van der Waals surface area contributed by atoms with Crippen LogP contribution in [0.15, 0.2) is 47.2 Å². The normalized spacial score (nSPS) is 14.2. The summed E-state index contributed by atoms with van der Waals surface area (Å²) in [5.74, 6) is -0.251. The average molecular weight is 309 g/mol. The molecule has 0 amide bonds. The van der Waals surface area contributed by atoms with E-state index in [2.05, 4.69) is 20.9 Å². The summed E-state index contributed by atoms with van der Waals surface area (Å²) in [5, 5.41) is 0. The Labute approximate surface area is 114 Å². The van der Waals surface area contributed by atoms with Crippen LogP contribution in [0.4, 0.5) is 4.39 Å². The van der Waals surface area contributed by atoms with Crippen LogP contribution in [0.25, 0.3) is 0 Å². The highest BCUT2D eigenvalue weighted by atomic mass is 79.9. The van der Waals surface area contributed by atoms with Gasteiger partial charge in [-0.15, -0.1) is 0 Å². The zero-order valence-corrected chi connectivity index (χ0v) is 11.6. The molecule has 94 valence electrons. The Balaban J connectivity index is 2.23. The van der Waals surface area contributed by atoms with E-state index in [1.165, 1.54) is 12.1 Å². The third-order valence-corrected chi connectivity index (χ3v) is 3.27. The summed E-state index contributed by atoms with van der Waals surface area (Å²) in [4.78, 5) is 4.11. The van der Waals surface area contributed by atoms with E-state index in [1.807, 2.05) is 13.0 Å². The minimum absolute atomic E-state index is 0.251. The quantitative estimate of drug-likeness (QED) is 0.944. The first-order chi connectivity index (χ1) is 8.47. The van der Waals surface area contributed by atoms with E-state index in [0.29, 0.717) is 6.42 Å². The number of benzene rings is 1. The lowest BCUT2D eigenvalue weighted by molar-refractivity contribution is 0.489. The molecule has 0 saturated carbocycles. The second-order valence-electron chi connectivity index (χ2n) is 4.61. The van der Waals surface area contributed by atoms with Crippen molar-refractivity contribution in [2.24, 2.45) is 5.73 Å². The van der Waals surface area contributed by atoms with E-state index in [0.717, 1.165) is 15.6 Å².